The van der Waals surface area contributed by atoms with Gasteiger partial charge in [0.1, 0.15) is 6.04 Å². The van der Waals surface area contributed by atoms with Gasteiger partial charge in [-0.05, 0) is 47.4 Å². The van der Waals surface area contributed by atoms with E-state index in [9.17, 15) is 14.4 Å². The third kappa shape index (κ3) is 5.57. The van der Waals surface area contributed by atoms with E-state index >= 15 is 0 Å². The number of terminal acetylenes is 1. The number of methoxy groups -OCH3 is 1. The summed E-state index contributed by atoms with van der Waals surface area (Å²) in [5.41, 5.74) is 8.20. The number of ether oxygens (including phenoxy) is 1. The molecular formula is C26H23N3O4. The number of carbonyl (C=O) groups excluding carboxylic acids is 3. The summed E-state index contributed by atoms with van der Waals surface area (Å²) in [4.78, 5) is 39.5. The van der Waals surface area contributed by atoms with Gasteiger partial charge in [0.2, 0.25) is 5.91 Å². The van der Waals surface area contributed by atoms with Crippen molar-refractivity contribution in [3.8, 4) is 12.3 Å². The van der Waals surface area contributed by atoms with Gasteiger partial charge in [-0.1, -0.05) is 48.5 Å². The van der Waals surface area contributed by atoms with E-state index in [1.807, 2.05) is 30.3 Å². The molecule has 0 bridgehead atoms. The second kappa shape index (κ2) is 10.6. The lowest BCUT2D eigenvalue weighted by Gasteiger charge is -2.30. The number of benzene rings is 3. The first-order valence-electron chi connectivity index (χ1n) is 10.1. The number of rotatable bonds is 7. The minimum atomic E-state index is -1.11. The predicted octanol–water partition coefficient (Wildman–Crippen LogP) is 3.08. The third-order valence-corrected chi connectivity index (χ3v) is 4.96. The van der Waals surface area contributed by atoms with Crippen LogP contribution >= 0.6 is 0 Å². The molecule has 0 saturated carbocycles. The van der Waals surface area contributed by atoms with Gasteiger partial charge in [-0.3, -0.25) is 14.5 Å². The summed E-state index contributed by atoms with van der Waals surface area (Å²) in [6, 6.07) is 21.0. The molecule has 0 saturated heterocycles. The Morgan fingerprint density at radius 1 is 1.03 bits per heavy atom. The van der Waals surface area contributed by atoms with E-state index in [0.717, 1.165) is 5.56 Å². The van der Waals surface area contributed by atoms with Gasteiger partial charge in [-0.15, -0.1) is 6.42 Å². The number of anilines is 2. The van der Waals surface area contributed by atoms with E-state index in [0.29, 0.717) is 11.3 Å². The molecule has 166 valence electrons. The second-order valence-corrected chi connectivity index (χ2v) is 7.13. The fourth-order valence-corrected chi connectivity index (χ4v) is 3.33. The highest BCUT2D eigenvalue weighted by molar-refractivity contribution is 6.10. The zero-order chi connectivity index (χ0) is 23.8. The Balaban J connectivity index is 2.05. The van der Waals surface area contributed by atoms with Crippen molar-refractivity contribution in [2.45, 2.75) is 12.6 Å². The van der Waals surface area contributed by atoms with Crippen LogP contribution < -0.4 is 16.0 Å². The molecule has 3 rings (SSSR count). The number of hydrogen-bond acceptors (Lipinski definition) is 5. The highest BCUT2D eigenvalue weighted by Crippen LogP contribution is 2.29. The predicted molar refractivity (Wildman–Crippen MR) is 126 cm³/mol. The maximum atomic E-state index is 13.4. The van der Waals surface area contributed by atoms with E-state index in [2.05, 4.69) is 11.2 Å². The van der Waals surface area contributed by atoms with Crippen molar-refractivity contribution < 1.29 is 19.1 Å². The van der Waals surface area contributed by atoms with Crippen LogP contribution in [0.5, 0.6) is 0 Å². The zero-order valence-corrected chi connectivity index (χ0v) is 18.0. The normalized spacial score (nSPS) is 11.0. The largest absolute Gasteiger partial charge is 0.465 e. The molecule has 2 amide bonds. The SMILES string of the molecule is C#CC(=O)N(c1cccc(C(=O)OC)c1)C(C(=O)NCc1ccccc1)c1ccc(N)cc1. The van der Waals surface area contributed by atoms with Crippen LogP contribution in [0.4, 0.5) is 11.4 Å². The summed E-state index contributed by atoms with van der Waals surface area (Å²) in [6.45, 7) is 0.255. The summed E-state index contributed by atoms with van der Waals surface area (Å²) in [5, 5.41) is 2.87. The van der Waals surface area contributed by atoms with Crippen molar-refractivity contribution in [1.29, 1.82) is 0 Å². The first-order valence-corrected chi connectivity index (χ1v) is 10.1. The van der Waals surface area contributed by atoms with E-state index in [4.69, 9.17) is 16.9 Å². The van der Waals surface area contributed by atoms with Gasteiger partial charge in [-0.25, -0.2) is 4.79 Å². The van der Waals surface area contributed by atoms with Crippen LogP contribution in [-0.2, 0) is 20.9 Å². The van der Waals surface area contributed by atoms with Crippen LogP contribution in [0.25, 0.3) is 0 Å². The smallest absolute Gasteiger partial charge is 0.337 e. The van der Waals surface area contributed by atoms with E-state index in [1.54, 1.807) is 42.5 Å². The molecule has 0 aromatic heterocycles. The highest BCUT2D eigenvalue weighted by atomic mass is 16.5. The Labute approximate surface area is 192 Å². The average molecular weight is 441 g/mol. The van der Waals surface area contributed by atoms with Crippen molar-refractivity contribution in [2.75, 3.05) is 17.7 Å². The van der Waals surface area contributed by atoms with Gasteiger partial charge >= 0.3 is 11.9 Å². The lowest BCUT2D eigenvalue weighted by atomic mass is 10.0. The van der Waals surface area contributed by atoms with Gasteiger partial charge in [-0.2, -0.15) is 0 Å². The van der Waals surface area contributed by atoms with Crippen molar-refractivity contribution >= 4 is 29.2 Å². The number of nitrogens with zero attached hydrogens (tertiary/aromatic N) is 1. The number of amides is 2. The third-order valence-electron chi connectivity index (χ3n) is 4.96. The summed E-state index contributed by atoms with van der Waals surface area (Å²) in [7, 11) is 1.26. The van der Waals surface area contributed by atoms with Crippen LogP contribution in [-0.4, -0.2) is 24.9 Å². The molecule has 3 N–H and O–H groups in total. The minimum absolute atomic E-state index is 0.213. The summed E-state index contributed by atoms with van der Waals surface area (Å²) in [6.07, 6.45) is 5.45. The van der Waals surface area contributed by atoms with Crippen LogP contribution in [0.1, 0.15) is 27.5 Å². The molecule has 0 spiro atoms. The van der Waals surface area contributed by atoms with Crippen molar-refractivity contribution in [3.05, 3.63) is 95.6 Å². The van der Waals surface area contributed by atoms with Crippen molar-refractivity contribution in [2.24, 2.45) is 0 Å². The summed E-state index contributed by atoms with van der Waals surface area (Å²) >= 11 is 0. The van der Waals surface area contributed by atoms with Gasteiger partial charge in [0.05, 0.1) is 12.7 Å². The van der Waals surface area contributed by atoms with Gasteiger partial charge in [0, 0.05) is 17.9 Å². The van der Waals surface area contributed by atoms with Gasteiger partial charge < -0.3 is 15.8 Å². The molecule has 7 heteroatoms. The Bertz CT molecular complexity index is 1180. The molecule has 0 aliphatic heterocycles. The van der Waals surface area contributed by atoms with Crippen LogP contribution in [0, 0.1) is 12.3 Å². The zero-order valence-electron chi connectivity index (χ0n) is 18.0. The molecule has 1 unspecified atom stereocenters. The van der Waals surface area contributed by atoms with E-state index < -0.39 is 23.8 Å². The van der Waals surface area contributed by atoms with Crippen LogP contribution in [0.2, 0.25) is 0 Å². The second-order valence-electron chi connectivity index (χ2n) is 7.13. The average Bonchev–Trinajstić information content (AvgIpc) is 2.86. The molecule has 0 aliphatic carbocycles. The molecule has 3 aromatic rings. The Morgan fingerprint density at radius 3 is 2.36 bits per heavy atom. The molecule has 0 aliphatic rings. The quantitative estimate of drug-likeness (QED) is 0.333. The van der Waals surface area contributed by atoms with E-state index in [1.165, 1.54) is 18.1 Å². The number of hydrogen-bond donors (Lipinski definition) is 2. The number of esters is 1. The maximum absolute atomic E-state index is 13.4. The van der Waals surface area contributed by atoms with Crippen molar-refractivity contribution in [1.82, 2.24) is 5.32 Å². The lowest BCUT2D eigenvalue weighted by Crippen LogP contribution is -2.43. The molecule has 0 fully saturated rings. The van der Waals surface area contributed by atoms with Crippen LogP contribution in [0.15, 0.2) is 78.9 Å². The monoisotopic (exact) mass is 441 g/mol. The number of nitrogen functional groups attached to an aromatic ring is 1. The first-order chi connectivity index (χ1) is 15.9. The molecule has 0 radical (unpaired) electrons. The highest BCUT2D eigenvalue weighted by Gasteiger charge is 2.32. The maximum Gasteiger partial charge on any atom is 0.337 e. The molecule has 1 atom stereocenters. The molecule has 0 heterocycles. The number of nitrogens with one attached hydrogen (secondary N) is 1. The Hall–Kier alpha value is -4.57. The number of carbonyl (C=O) groups is 3. The van der Waals surface area contributed by atoms with Crippen molar-refractivity contribution in [3.63, 3.8) is 0 Å². The topological polar surface area (TPSA) is 102 Å². The molecule has 7 nitrogen and oxygen atoms in total. The molecule has 3 aromatic carbocycles. The molecule has 33 heavy (non-hydrogen) atoms. The standard InChI is InChI=1S/C26H23N3O4/c1-3-23(30)29(22-11-7-10-20(16-22)26(32)33-2)24(19-12-14-21(27)15-13-19)25(31)28-17-18-8-5-4-6-9-18/h1,4-16,24H,17,27H2,2H3,(H,28,31). The van der Waals surface area contributed by atoms with E-state index in [-0.39, 0.29) is 17.8 Å². The summed E-state index contributed by atoms with van der Waals surface area (Å²) in [5.74, 6) is 0.311. The minimum Gasteiger partial charge on any atom is -0.465 e. The van der Waals surface area contributed by atoms with Gasteiger partial charge in [0.15, 0.2) is 0 Å². The Kier molecular flexibility index (Phi) is 7.45. The lowest BCUT2D eigenvalue weighted by molar-refractivity contribution is -0.125. The number of nitrogens with two attached hydrogens (primary N) is 1. The van der Waals surface area contributed by atoms with Crippen LogP contribution in [0.3, 0.4) is 0 Å². The Morgan fingerprint density at radius 2 is 1.73 bits per heavy atom. The van der Waals surface area contributed by atoms with Gasteiger partial charge in [0.25, 0.3) is 0 Å². The first kappa shape index (κ1) is 23.1. The fraction of sp³-hybridized carbons (Fsp3) is 0.115. The summed E-state index contributed by atoms with van der Waals surface area (Å²) < 4.78 is 4.78. The molecular weight excluding hydrogens is 418 g/mol. The fourth-order valence-electron chi connectivity index (χ4n) is 3.33.